The Hall–Kier alpha value is -0.830. The number of guanidine groups is 1. The molecule has 6 nitrogen and oxygen atoms in total. The zero-order valence-electron chi connectivity index (χ0n) is 16.3. The van der Waals surface area contributed by atoms with Crippen molar-refractivity contribution in [3.05, 3.63) is 17.3 Å². The van der Waals surface area contributed by atoms with Crippen molar-refractivity contribution >= 4 is 29.9 Å². The molecule has 1 aliphatic rings. The van der Waals surface area contributed by atoms with Crippen LogP contribution in [0.15, 0.2) is 9.41 Å². The van der Waals surface area contributed by atoms with Gasteiger partial charge in [-0.2, -0.15) is 0 Å². The summed E-state index contributed by atoms with van der Waals surface area (Å²) in [7, 11) is 0. The number of hydrogen-bond donors (Lipinski definition) is 2. The van der Waals surface area contributed by atoms with Crippen LogP contribution in [-0.2, 0) is 6.54 Å². The Labute approximate surface area is 169 Å². The van der Waals surface area contributed by atoms with Gasteiger partial charge in [0, 0.05) is 25.7 Å². The number of aryl methyl sites for hydroxylation is 2. The third kappa shape index (κ3) is 7.13. The fourth-order valence-electron chi connectivity index (χ4n) is 3.07. The van der Waals surface area contributed by atoms with E-state index in [1.807, 2.05) is 13.8 Å². The molecule has 144 valence electrons. The summed E-state index contributed by atoms with van der Waals surface area (Å²) < 4.78 is 5.60. The first-order valence-electron chi connectivity index (χ1n) is 9.18. The molecule has 2 N–H and O–H groups in total. The molecule has 0 bridgehead atoms. The van der Waals surface area contributed by atoms with E-state index in [1.165, 1.54) is 25.9 Å². The summed E-state index contributed by atoms with van der Waals surface area (Å²) in [5.41, 5.74) is 0.939. The molecule has 0 aliphatic carbocycles. The Bertz CT molecular complexity index is 524. The van der Waals surface area contributed by atoms with Crippen molar-refractivity contribution in [1.82, 2.24) is 20.5 Å². The van der Waals surface area contributed by atoms with Crippen LogP contribution in [-0.4, -0.2) is 48.1 Å². The molecule has 2 rings (SSSR count). The number of oxazole rings is 1. The average molecular weight is 463 g/mol. The standard InChI is InChI=1S/C18H33N5O.HI/c1-6-19-18(21-11-17-22-14(4)15(5)24-17)20-10-16-8-7-9-23(12-16)13(2)3;/h13,16H,6-12H2,1-5H3,(H2,19,20,21);1H. The van der Waals surface area contributed by atoms with Crippen LogP contribution in [0.4, 0.5) is 0 Å². The summed E-state index contributed by atoms with van der Waals surface area (Å²) in [6, 6.07) is 0.631. The van der Waals surface area contributed by atoms with Crippen LogP contribution >= 0.6 is 24.0 Å². The monoisotopic (exact) mass is 463 g/mol. The van der Waals surface area contributed by atoms with Gasteiger partial charge in [-0.25, -0.2) is 9.98 Å². The molecule has 0 saturated carbocycles. The number of aliphatic imine (C=N–C) groups is 1. The lowest BCUT2D eigenvalue weighted by molar-refractivity contribution is 0.141. The van der Waals surface area contributed by atoms with Crippen molar-refractivity contribution in [1.29, 1.82) is 0 Å². The summed E-state index contributed by atoms with van der Waals surface area (Å²) in [4.78, 5) is 11.6. The van der Waals surface area contributed by atoms with Gasteiger partial charge in [-0.05, 0) is 59.9 Å². The maximum Gasteiger partial charge on any atom is 0.216 e. The fourth-order valence-corrected chi connectivity index (χ4v) is 3.07. The zero-order chi connectivity index (χ0) is 17.5. The van der Waals surface area contributed by atoms with Crippen molar-refractivity contribution in [2.75, 3.05) is 26.2 Å². The first kappa shape index (κ1) is 22.2. The van der Waals surface area contributed by atoms with Crippen molar-refractivity contribution in [2.45, 2.75) is 60.0 Å². The number of hydrogen-bond acceptors (Lipinski definition) is 4. The quantitative estimate of drug-likeness (QED) is 0.386. The number of aromatic nitrogens is 1. The highest BCUT2D eigenvalue weighted by atomic mass is 127. The summed E-state index contributed by atoms with van der Waals surface area (Å²) in [6.07, 6.45) is 2.57. The second-order valence-corrected chi connectivity index (χ2v) is 6.92. The van der Waals surface area contributed by atoms with Gasteiger partial charge in [-0.3, -0.25) is 0 Å². The average Bonchev–Trinajstić information content (AvgIpc) is 2.88. The predicted octanol–water partition coefficient (Wildman–Crippen LogP) is 3.08. The van der Waals surface area contributed by atoms with Crippen LogP contribution in [0, 0.1) is 19.8 Å². The van der Waals surface area contributed by atoms with Gasteiger partial charge in [0.1, 0.15) is 12.3 Å². The molecule has 0 spiro atoms. The lowest BCUT2D eigenvalue weighted by Gasteiger charge is -2.35. The molecular weight excluding hydrogens is 429 g/mol. The second-order valence-electron chi connectivity index (χ2n) is 6.92. The third-order valence-electron chi connectivity index (χ3n) is 4.63. The van der Waals surface area contributed by atoms with Gasteiger partial charge in [0.05, 0.1) is 5.69 Å². The number of piperidine rings is 1. The minimum Gasteiger partial charge on any atom is -0.444 e. The number of likely N-dealkylation sites (tertiary alicyclic amines) is 1. The summed E-state index contributed by atoms with van der Waals surface area (Å²) in [6.45, 7) is 15.2. The van der Waals surface area contributed by atoms with E-state index < -0.39 is 0 Å². The molecule has 1 saturated heterocycles. The number of rotatable bonds is 6. The molecule has 0 radical (unpaired) electrons. The van der Waals surface area contributed by atoms with E-state index in [0.29, 0.717) is 24.4 Å². The normalized spacial score (nSPS) is 19.0. The third-order valence-corrected chi connectivity index (χ3v) is 4.63. The molecule has 1 unspecified atom stereocenters. The van der Waals surface area contributed by atoms with Gasteiger partial charge in [-0.15, -0.1) is 24.0 Å². The summed E-state index contributed by atoms with van der Waals surface area (Å²) >= 11 is 0. The van der Waals surface area contributed by atoms with E-state index in [4.69, 9.17) is 4.42 Å². The molecule has 1 atom stereocenters. The van der Waals surface area contributed by atoms with Gasteiger partial charge in [0.15, 0.2) is 5.96 Å². The Morgan fingerprint density at radius 3 is 2.72 bits per heavy atom. The van der Waals surface area contributed by atoms with Gasteiger partial charge >= 0.3 is 0 Å². The summed E-state index contributed by atoms with van der Waals surface area (Å²) in [5.74, 6) is 3.06. The van der Waals surface area contributed by atoms with Crippen molar-refractivity contribution in [2.24, 2.45) is 10.9 Å². The number of halogens is 1. The van der Waals surface area contributed by atoms with Gasteiger partial charge < -0.3 is 20.0 Å². The van der Waals surface area contributed by atoms with Gasteiger partial charge in [-0.1, -0.05) is 0 Å². The number of nitrogens with zero attached hydrogens (tertiary/aromatic N) is 3. The highest BCUT2D eigenvalue weighted by molar-refractivity contribution is 14.0. The molecule has 1 aliphatic heterocycles. The smallest absolute Gasteiger partial charge is 0.216 e. The van der Waals surface area contributed by atoms with Gasteiger partial charge in [0.2, 0.25) is 5.89 Å². The fraction of sp³-hybridized carbons (Fsp3) is 0.778. The maximum atomic E-state index is 5.60. The predicted molar refractivity (Wildman–Crippen MR) is 114 cm³/mol. The molecular formula is C18H34IN5O. The Kier molecular flexibility index (Phi) is 9.78. The zero-order valence-corrected chi connectivity index (χ0v) is 18.6. The molecule has 0 amide bonds. The Balaban J connectivity index is 0.00000312. The lowest BCUT2D eigenvalue weighted by Crippen LogP contribution is -2.46. The van der Waals surface area contributed by atoms with E-state index >= 15 is 0 Å². The highest BCUT2D eigenvalue weighted by Crippen LogP contribution is 2.17. The first-order chi connectivity index (χ1) is 11.5. The number of nitrogens with one attached hydrogen (secondary N) is 2. The molecule has 2 heterocycles. The van der Waals surface area contributed by atoms with E-state index in [9.17, 15) is 0 Å². The first-order valence-corrected chi connectivity index (χ1v) is 9.18. The van der Waals surface area contributed by atoms with E-state index in [0.717, 1.165) is 30.5 Å². The van der Waals surface area contributed by atoms with Gasteiger partial charge in [0.25, 0.3) is 0 Å². The molecule has 7 heteroatoms. The van der Waals surface area contributed by atoms with E-state index in [1.54, 1.807) is 0 Å². The molecule has 25 heavy (non-hydrogen) atoms. The SMILES string of the molecule is CCNC(=NCc1nc(C)c(C)o1)NCC1CCCN(C(C)C)C1.I. The van der Waals surface area contributed by atoms with E-state index in [2.05, 4.69) is 46.3 Å². The van der Waals surface area contributed by atoms with Crippen LogP contribution < -0.4 is 10.6 Å². The topological polar surface area (TPSA) is 65.7 Å². The van der Waals surface area contributed by atoms with Crippen molar-refractivity contribution in [3.63, 3.8) is 0 Å². The van der Waals surface area contributed by atoms with Crippen LogP contribution in [0.2, 0.25) is 0 Å². The molecule has 1 aromatic heterocycles. The molecule has 1 fully saturated rings. The van der Waals surface area contributed by atoms with Crippen LogP contribution in [0.1, 0.15) is 51.0 Å². The molecule has 1 aromatic rings. The Morgan fingerprint density at radius 2 is 2.12 bits per heavy atom. The van der Waals surface area contributed by atoms with Crippen LogP contribution in [0.5, 0.6) is 0 Å². The maximum absolute atomic E-state index is 5.60. The minimum absolute atomic E-state index is 0. The van der Waals surface area contributed by atoms with Crippen LogP contribution in [0.3, 0.4) is 0 Å². The van der Waals surface area contributed by atoms with E-state index in [-0.39, 0.29) is 24.0 Å². The second kappa shape index (κ2) is 11.0. The lowest BCUT2D eigenvalue weighted by atomic mass is 9.97. The minimum atomic E-state index is 0. The summed E-state index contributed by atoms with van der Waals surface area (Å²) in [5, 5.41) is 6.79. The largest absolute Gasteiger partial charge is 0.444 e. The van der Waals surface area contributed by atoms with Crippen molar-refractivity contribution < 1.29 is 4.42 Å². The Morgan fingerprint density at radius 1 is 1.36 bits per heavy atom. The van der Waals surface area contributed by atoms with Crippen molar-refractivity contribution in [3.8, 4) is 0 Å². The van der Waals surface area contributed by atoms with Crippen LogP contribution in [0.25, 0.3) is 0 Å². The highest BCUT2D eigenvalue weighted by Gasteiger charge is 2.21. The molecule has 0 aromatic carbocycles.